The maximum atomic E-state index is 11.3. The van der Waals surface area contributed by atoms with Gasteiger partial charge in [0.05, 0.1) is 5.71 Å². The van der Waals surface area contributed by atoms with Gasteiger partial charge in [-0.05, 0) is 26.2 Å². The fourth-order valence-electron chi connectivity index (χ4n) is 1.55. The second-order valence-corrected chi connectivity index (χ2v) is 4.56. The highest BCUT2D eigenvalue weighted by molar-refractivity contribution is 5.82. The van der Waals surface area contributed by atoms with Crippen LogP contribution in [0.1, 0.15) is 78.6 Å². The van der Waals surface area contributed by atoms with E-state index in [2.05, 4.69) is 19.0 Å². The molecule has 0 aliphatic rings. The van der Waals surface area contributed by atoms with Gasteiger partial charge < -0.3 is 4.84 Å². The maximum Gasteiger partial charge on any atom is 0.335 e. The van der Waals surface area contributed by atoms with Gasteiger partial charge in [-0.2, -0.15) is 0 Å². The maximum absolute atomic E-state index is 11.3. The molecule has 0 aliphatic carbocycles. The van der Waals surface area contributed by atoms with E-state index in [-0.39, 0.29) is 5.97 Å². The highest BCUT2D eigenvalue weighted by Crippen LogP contribution is 2.05. The molecule has 0 saturated heterocycles. The molecule has 0 saturated carbocycles. The number of nitrogens with zero attached hydrogens (tertiary/aromatic N) is 1. The Balaban J connectivity index is 3.56. The van der Waals surface area contributed by atoms with Crippen LogP contribution in [0.15, 0.2) is 5.16 Å². The zero-order chi connectivity index (χ0) is 12.9. The van der Waals surface area contributed by atoms with Gasteiger partial charge in [-0.25, -0.2) is 4.79 Å². The predicted octanol–water partition coefficient (Wildman–Crippen LogP) is 4.46. The fourth-order valence-corrected chi connectivity index (χ4v) is 1.55. The fraction of sp³-hybridized carbons (Fsp3) is 0.857. The minimum atomic E-state index is -0.202. The molecule has 17 heavy (non-hydrogen) atoms. The molecule has 0 rings (SSSR count). The molecule has 0 amide bonds. The van der Waals surface area contributed by atoms with Crippen LogP contribution in [-0.4, -0.2) is 11.7 Å². The van der Waals surface area contributed by atoms with Gasteiger partial charge in [0.15, 0.2) is 0 Å². The number of oxime groups is 1. The quantitative estimate of drug-likeness (QED) is 0.245. The summed E-state index contributed by atoms with van der Waals surface area (Å²) in [7, 11) is 0. The molecular weight excluding hydrogens is 214 g/mol. The molecule has 0 N–H and O–H groups in total. The van der Waals surface area contributed by atoms with E-state index in [0.717, 1.165) is 37.8 Å². The van der Waals surface area contributed by atoms with Crippen LogP contribution < -0.4 is 0 Å². The first kappa shape index (κ1) is 16.1. The summed E-state index contributed by atoms with van der Waals surface area (Å²) in [5.41, 5.74) is 0.921. The summed E-state index contributed by atoms with van der Waals surface area (Å²) in [6.45, 7) is 6.23. The van der Waals surface area contributed by atoms with Crippen molar-refractivity contribution in [3.8, 4) is 0 Å². The van der Waals surface area contributed by atoms with E-state index in [1.54, 1.807) is 0 Å². The van der Waals surface area contributed by atoms with Crippen molar-refractivity contribution in [3.63, 3.8) is 0 Å². The molecule has 0 aromatic rings. The van der Waals surface area contributed by atoms with Crippen molar-refractivity contribution >= 4 is 11.7 Å². The van der Waals surface area contributed by atoms with E-state index in [9.17, 15) is 4.79 Å². The molecule has 0 aliphatic heterocycles. The van der Waals surface area contributed by atoms with Gasteiger partial charge in [0.1, 0.15) is 0 Å². The van der Waals surface area contributed by atoms with Crippen molar-refractivity contribution < 1.29 is 9.63 Å². The lowest BCUT2D eigenvalue weighted by Gasteiger charge is -2.01. The highest BCUT2D eigenvalue weighted by Gasteiger charge is 2.02. The standard InChI is InChI=1S/C14H27NO2/c1-4-6-8-10-11-13(3)15-17-14(16)12-9-7-5-2/h4-12H2,1-3H3. The molecule has 0 fully saturated rings. The lowest BCUT2D eigenvalue weighted by molar-refractivity contribution is -0.143. The van der Waals surface area contributed by atoms with Crippen molar-refractivity contribution in [3.05, 3.63) is 0 Å². The van der Waals surface area contributed by atoms with Crippen LogP contribution in [0.5, 0.6) is 0 Å². The van der Waals surface area contributed by atoms with E-state index >= 15 is 0 Å². The van der Waals surface area contributed by atoms with Gasteiger partial charge in [-0.15, -0.1) is 0 Å². The van der Waals surface area contributed by atoms with Crippen LogP contribution in [0.4, 0.5) is 0 Å². The van der Waals surface area contributed by atoms with Crippen LogP contribution in [0.25, 0.3) is 0 Å². The normalized spacial score (nSPS) is 11.6. The van der Waals surface area contributed by atoms with Crippen LogP contribution in [0.2, 0.25) is 0 Å². The van der Waals surface area contributed by atoms with Crippen LogP contribution in [-0.2, 0) is 9.63 Å². The van der Waals surface area contributed by atoms with Crippen molar-refractivity contribution in [2.24, 2.45) is 5.16 Å². The van der Waals surface area contributed by atoms with E-state index < -0.39 is 0 Å². The van der Waals surface area contributed by atoms with Crippen LogP contribution >= 0.6 is 0 Å². The van der Waals surface area contributed by atoms with Crippen molar-refractivity contribution in [1.29, 1.82) is 0 Å². The van der Waals surface area contributed by atoms with Gasteiger partial charge in [-0.3, -0.25) is 0 Å². The van der Waals surface area contributed by atoms with Crippen molar-refractivity contribution in [2.45, 2.75) is 78.6 Å². The molecule has 0 unspecified atom stereocenters. The zero-order valence-electron chi connectivity index (χ0n) is 11.6. The summed E-state index contributed by atoms with van der Waals surface area (Å²) < 4.78 is 0. The summed E-state index contributed by atoms with van der Waals surface area (Å²) in [5, 5.41) is 3.87. The Bertz CT molecular complexity index is 224. The number of rotatable bonds is 10. The zero-order valence-corrected chi connectivity index (χ0v) is 11.6. The number of hydrogen-bond acceptors (Lipinski definition) is 3. The molecule has 100 valence electrons. The number of carbonyl (C=O) groups is 1. The highest BCUT2D eigenvalue weighted by atomic mass is 16.7. The largest absolute Gasteiger partial charge is 0.335 e. The van der Waals surface area contributed by atoms with Gasteiger partial charge in [0, 0.05) is 6.42 Å². The Morgan fingerprint density at radius 2 is 1.53 bits per heavy atom. The third-order valence-corrected chi connectivity index (χ3v) is 2.68. The lowest BCUT2D eigenvalue weighted by atomic mass is 10.1. The Morgan fingerprint density at radius 1 is 0.941 bits per heavy atom. The average molecular weight is 241 g/mol. The molecule has 0 aromatic heterocycles. The van der Waals surface area contributed by atoms with Gasteiger partial charge in [-0.1, -0.05) is 51.1 Å². The van der Waals surface area contributed by atoms with Crippen LogP contribution in [0.3, 0.4) is 0 Å². The predicted molar refractivity (Wildman–Crippen MR) is 72.1 cm³/mol. The summed E-state index contributed by atoms with van der Waals surface area (Å²) in [5.74, 6) is -0.202. The molecule has 0 aromatic carbocycles. The molecule has 0 heterocycles. The molecular formula is C14H27NO2. The first-order chi connectivity index (χ1) is 8.20. The molecule has 0 radical (unpaired) electrons. The van der Waals surface area contributed by atoms with E-state index in [0.29, 0.717) is 6.42 Å². The number of unbranched alkanes of at least 4 members (excludes halogenated alkanes) is 5. The smallest absolute Gasteiger partial charge is 0.318 e. The molecule has 0 bridgehead atoms. The number of hydrogen-bond donors (Lipinski definition) is 0. The summed E-state index contributed by atoms with van der Waals surface area (Å²) in [6, 6.07) is 0. The third-order valence-electron chi connectivity index (χ3n) is 2.68. The summed E-state index contributed by atoms with van der Waals surface area (Å²) >= 11 is 0. The van der Waals surface area contributed by atoms with Crippen molar-refractivity contribution in [1.82, 2.24) is 0 Å². The van der Waals surface area contributed by atoms with Crippen LogP contribution in [0, 0.1) is 0 Å². The Labute approximate surface area is 106 Å². The first-order valence-corrected chi connectivity index (χ1v) is 6.94. The minimum absolute atomic E-state index is 0.202. The molecule has 0 spiro atoms. The second kappa shape index (κ2) is 11.6. The molecule has 0 atom stereocenters. The average Bonchev–Trinajstić information content (AvgIpc) is 2.32. The minimum Gasteiger partial charge on any atom is -0.318 e. The Morgan fingerprint density at radius 3 is 2.18 bits per heavy atom. The second-order valence-electron chi connectivity index (χ2n) is 4.56. The molecule has 3 heteroatoms. The first-order valence-electron chi connectivity index (χ1n) is 6.94. The summed E-state index contributed by atoms with van der Waals surface area (Å²) in [6.07, 6.45) is 9.39. The van der Waals surface area contributed by atoms with Crippen molar-refractivity contribution in [2.75, 3.05) is 0 Å². The van der Waals surface area contributed by atoms with E-state index in [1.807, 2.05) is 6.92 Å². The van der Waals surface area contributed by atoms with Gasteiger partial charge in [0.2, 0.25) is 0 Å². The summed E-state index contributed by atoms with van der Waals surface area (Å²) in [4.78, 5) is 16.1. The SMILES string of the molecule is CCCCCCC(C)=NOC(=O)CCCCC. The van der Waals surface area contributed by atoms with E-state index in [4.69, 9.17) is 4.84 Å². The Kier molecular flexibility index (Phi) is 11.0. The van der Waals surface area contributed by atoms with E-state index in [1.165, 1.54) is 19.3 Å². The topological polar surface area (TPSA) is 38.7 Å². The van der Waals surface area contributed by atoms with Gasteiger partial charge in [0.25, 0.3) is 0 Å². The third kappa shape index (κ3) is 11.4. The lowest BCUT2D eigenvalue weighted by Crippen LogP contribution is -2.02. The van der Waals surface area contributed by atoms with Gasteiger partial charge >= 0.3 is 5.97 Å². The monoisotopic (exact) mass is 241 g/mol. The number of carbonyl (C=O) groups excluding carboxylic acids is 1. The molecule has 3 nitrogen and oxygen atoms in total. The Hall–Kier alpha value is -0.860.